The number of nitrogens with zero attached hydrogens (tertiary/aromatic N) is 3. The first-order valence-electron chi connectivity index (χ1n) is 7.32. The van der Waals surface area contributed by atoms with Crippen LogP contribution in [0.5, 0.6) is 0 Å². The van der Waals surface area contributed by atoms with Crippen molar-refractivity contribution in [3.05, 3.63) is 41.5 Å². The number of hydrogen-bond donors (Lipinski definition) is 1. The van der Waals surface area contributed by atoms with Crippen LogP contribution in [0.15, 0.2) is 29.4 Å². The molecule has 0 saturated heterocycles. The van der Waals surface area contributed by atoms with Gasteiger partial charge in [-0.15, -0.1) is 0 Å². The van der Waals surface area contributed by atoms with E-state index in [0.29, 0.717) is 17.3 Å². The highest BCUT2D eigenvalue weighted by Crippen LogP contribution is 2.19. The zero-order valence-corrected chi connectivity index (χ0v) is 14.2. The maximum Gasteiger partial charge on any atom is 0.241 e. The van der Waals surface area contributed by atoms with Crippen LogP contribution in [0.3, 0.4) is 0 Å². The van der Waals surface area contributed by atoms with E-state index in [0.717, 1.165) is 17.5 Å². The number of aryl methyl sites for hydroxylation is 3. The molecule has 1 atom stereocenters. The molecular formula is C15H22N4O2S. The molecule has 7 heteroatoms. The van der Waals surface area contributed by atoms with Crippen LogP contribution in [0.4, 0.5) is 0 Å². The van der Waals surface area contributed by atoms with Gasteiger partial charge >= 0.3 is 0 Å². The van der Waals surface area contributed by atoms with Gasteiger partial charge in [0, 0.05) is 6.54 Å². The Bertz CT molecular complexity index is 753. The predicted octanol–water partition coefficient (Wildman–Crippen LogP) is 2.34. The lowest BCUT2D eigenvalue weighted by Gasteiger charge is -2.16. The quantitative estimate of drug-likeness (QED) is 0.885. The zero-order chi connectivity index (χ0) is 16.3. The fourth-order valence-electron chi connectivity index (χ4n) is 2.34. The molecule has 0 fully saturated rings. The minimum absolute atomic E-state index is 0.306. The first kappa shape index (κ1) is 16.6. The number of aromatic nitrogens is 3. The highest BCUT2D eigenvalue weighted by atomic mass is 32.2. The van der Waals surface area contributed by atoms with E-state index in [1.165, 1.54) is 6.33 Å². The predicted molar refractivity (Wildman–Crippen MR) is 85.0 cm³/mol. The summed E-state index contributed by atoms with van der Waals surface area (Å²) in [5, 5.41) is 4.13. The van der Waals surface area contributed by atoms with E-state index in [1.54, 1.807) is 24.6 Å². The first-order valence-corrected chi connectivity index (χ1v) is 8.80. The summed E-state index contributed by atoms with van der Waals surface area (Å²) >= 11 is 0. The van der Waals surface area contributed by atoms with Crippen molar-refractivity contribution < 1.29 is 8.42 Å². The van der Waals surface area contributed by atoms with Crippen LogP contribution in [0.25, 0.3) is 0 Å². The van der Waals surface area contributed by atoms with E-state index in [4.69, 9.17) is 0 Å². The van der Waals surface area contributed by atoms with Gasteiger partial charge in [-0.2, -0.15) is 5.10 Å². The lowest BCUT2D eigenvalue weighted by atomic mass is 10.2. The molecule has 1 unspecified atom stereocenters. The Morgan fingerprint density at radius 1 is 1.32 bits per heavy atom. The van der Waals surface area contributed by atoms with Gasteiger partial charge in [0.15, 0.2) is 0 Å². The first-order chi connectivity index (χ1) is 10.3. The number of rotatable bonds is 6. The molecule has 0 amide bonds. The second-order valence-electron chi connectivity index (χ2n) is 5.45. The van der Waals surface area contributed by atoms with Gasteiger partial charge in [0.1, 0.15) is 12.2 Å². The van der Waals surface area contributed by atoms with Crippen LogP contribution < -0.4 is 4.72 Å². The summed E-state index contributed by atoms with van der Waals surface area (Å²) in [6.07, 6.45) is 2.36. The smallest absolute Gasteiger partial charge is 0.241 e. The maximum atomic E-state index is 12.6. The monoisotopic (exact) mass is 322 g/mol. The molecule has 0 radical (unpaired) electrons. The third-order valence-corrected chi connectivity index (χ3v) is 5.12. The van der Waals surface area contributed by atoms with Gasteiger partial charge in [0.05, 0.1) is 10.9 Å². The van der Waals surface area contributed by atoms with Gasteiger partial charge in [-0.3, -0.25) is 0 Å². The van der Waals surface area contributed by atoms with Gasteiger partial charge in [-0.05, 0) is 44.4 Å². The van der Waals surface area contributed by atoms with Gasteiger partial charge in [0.2, 0.25) is 10.0 Å². The summed E-state index contributed by atoms with van der Waals surface area (Å²) in [6.45, 7) is 8.19. The molecule has 1 aromatic heterocycles. The van der Waals surface area contributed by atoms with Crippen LogP contribution in [-0.2, 0) is 16.6 Å². The fraction of sp³-hybridized carbons (Fsp3) is 0.467. The molecule has 0 bridgehead atoms. The van der Waals surface area contributed by atoms with Crippen molar-refractivity contribution in [1.82, 2.24) is 19.5 Å². The summed E-state index contributed by atoms with van der Waals surface area (Å²) in [6, 6.07) is 4.95. The zero-order valence-electron chi connectivity index (χ0n) is 13.4. The fourth-order valence-corrected chi connectivity index (χ4v) is 3.87. The van der Waals surface area contributed by atoms with Gasteiger partial charge in [0.25, 0.3) is 0 Å². The van der Waals surface area contributed by atoms with Crippen LogP contribution >= 0.6 is 0 Å². The van der Waals surface area contributed by atoms with E-state index in [-0.39, 0.29) is 0 Å². The summed E-state index contributed by atoms with van der Waals surface area (Å²) in [5.74, 6) is 0.621. The van der Waals surface area contributed by atoms with Crippen molar-refractivity contribution in [1.29, 1.82) is 0 Å². The molecule has 120 valence electrons. The second-order valence-corrected chi connectivity index (χ2v) is 7.14. The van der Waals surface area contributed by atoms with E-state index < -0.39 is 16.1 Å². The van der Waals surface area contributed by atoms with E-state index in [9.17, 15) is 8.42 Å². The van der Waals surface area contributed by atoms with Crippen LogP contribution in [-0.4, -0.2) is 23.2 Å². The molecule has 0 aliphatic carbocycles. The van der Waals surface area contributed by atoms with Crippen molar-refractivity contribution in [2.45, 2.75) is 51.6 Å². The topological polar surface area (TPSA) is 76.9 Å². The van der Waals surface area contributed by atoms with Crippen molar-refractivity contribution in [2.75, 3.05) is 0 Å². The van der Waals surface area contributed by atoms with Gasteiger partial charge in [-0.1, -0.05) is 19.1 Å². The number of nitrogens with one attached hydrogen (secondary N) is 1. The van der Waals surface area contributed by atoms with Crippen molar-refractivity contribution in [2.24, 2.45) is 0 Å². The SMILES string of the molecule is CCCn1ncnc1C(C)NS(=O)(=O)c1cc(C)ccc1C. The number of sulfonamides is 1. The molecule has 0 saturated carbocycles. The lowest BCUT2D eigenvalue weighted by molar-refractivity contribution is 0.515. The van der Waals surface area contributed by atoms with Crippen LogP contribution in [0.1, 0.15) is 43.3 Å². The molecule has 6 nitrogen and oxygen atoms in total. The van der Waals surface area contributed by atoms with Crippen molar-refractivity contribution in [3.8, 4) is 0 Å². The standard InChI is InChI=1S/C15H22N4O2S/c1-5-8-19-15(16-10-17-19)13(4)18-22(20,21)14-9-11(2)6-7-12(14)3/h6-7,9-10,13,18H,5,8H2,1-4H3. The van der Waals surface area contributed by atoms with Crippen LogP contribution in [0, 0.1) is 13.8 Å². The minimum Gasteiger partial charge on any atom is -0.249 e. The number of hydrogen-bond acceptors (Lipinski definition) is 4. The van der Waals surface area contributed by atoms with Gasteiger partial charge < -0.3 is 0 Å². The third-order valence-electron chi connectivity index (χ3n) is 3.43. The Kier molecular flexibility index (Phi) is 4.97. The van der Waals surface area contributed by atoms with E-state index >= 15 is 0 Å². The molecule has 2 rings (SSSR count). The summed E-state index contributed by atoms with van der Waals surface area (Å²) < 4.78 is 29.6. The third kappa shape index (κ3) is 3.53. The highest BCUT2D eigenvalue weighted by molar-refractivity contribution is 7.89. The van der Waals surface area contributed by atoms with Crippen molar-refractivity contribution in [3.63, 3.8) is 0 Å². The molecule has 1 aromatic carbocycles. The van der Waals surface area contributed by atoms with Crippen LogP contribution in [0.2, 0.25) is 0 Å². The normalized spacial score (nSPS) is 13.3. The van der Waals surface area contributed by atoms with E-state index in [1.807, 2.05) is 26.0 Å². The van der Waals surface area contributed by atoms with Gasteiger partial charge in [-0.25, -0.2) is 22.8 Å². The molecule has 1 heterocycles. The Morgan fingerprint density at radius 2 is 2.05 bits per heavy atom. The Hall–Kier alpha value is -1.73. The minimum atomic E-state index is -3.60. The molecule has 22 heavy (non-hydrogen) atoms. The average Bonchev–Trinajstić information content (AvgIpc) is 2.90. The summed E-state index contributed by atoms with van der Waals surface area (Å²) in [7, 11) is -3.60. The summed E-state index contributed by atoms with van der Waals surface area (Å²) in [4.78, 5) is 4.48. The Labute approximate surface area is 131 Å². The largest absolute Gasteiger partial charge is 0.249 e. The van der Waals surface area contributed by atoms with Crippen molar-refractivity contribution >= 4 is 10.0 Å². The molecule has 1 N–H and O–H groups in total. The molecule has 2 aromatic rings. The molecule has 0 aliphatic rings. The summed E-state index contributed by atoms with van der Waals surface area (Å²) in [5.41, 5.74) is 1.63. The molecule has 0 aliphatic heterocycles. The lowest BCUT2D eigenvalue weighted by Crippen LogP contribution is -2.29. The number of benzene rings is 1. The highest BCUT2D eigenvalue weighted by Gasteiger charge is 2.23. The average molecular weight is 322 g/mol. The Balaban J connectivity index is 2.28. The Morgan fingerprint density at radius 3 is 2.73 bits per heavy atom. The molecular weight excluding hydrogens is 300 g/mol. The maximum absolute atomic E-state index is 12.6. The molecule has 0 spiro atoms. The second kappa shape index (κ2) is 6.58. The van der Waals surface area contributed by atoms with E-state index in [2.05, 4.69) is 14.8 Å².